The van der Waals surface area contributed by atoms with E-state index in [2.05, 4.69) is 12.2 Å². The second-order valence-corrected chi connectivity index (χ2v) is 5.83. The molecule has 1 atom stereocenters. The number of carbonyl (C=O) groups excluding carboxylic acids is 1. The van der Waals surface area contributed by atoms with E-state index in [1.807, 2.05) is 30.3 Å². The number of halogens is 1. The summed E-state index contributed by atoms with van der Waals surface area (Å²) >= 11 is 0. The molecule has 0 spiro atoms. The highest BCUT2D eigenvalue weighted by Crippen LogP contribution is 2.27. The zero-order valence-corrected chi connectivity index (χ0v) is 13.6. The first-order chi connectivity index (χ1) is 9.74. The minimum atomic E-state index is -0.222. The first kappa shape index (κ1) is 18.0. The molecule has 0 aromatic heterocycles. The van der Waals surface area contributed by atoms with Crippen LogP contribution >= 0.6 is 12.4 Å². The Balaban J connectivity index is 0.00000220. The van der Waals surface area contributed by atoms with Crippen LogP contribution in [0.25, 0.3) is 0 Å². The summed E-state index contributed by atoms with van der Waals surface area (Å²) in [4.78, 5) is 12.4. The highest BCUT2D eigenvalue weighted by Gasteiger charge is 2.25. The summed E-state index contributed by atoms with van der Waals surface area (Å²) in [5, 5.41) is 3.19. The molecule has 1 saturated carbocycles. The molecule has 1 amide bonds. The molecule has 21 heavy (non-hydrogen) atoms. The van der Waals surface area contributed by atoms with Gasteiger partial charge in [-0.2, -0.15) is 0 Å². The second-order valence-electron chi connectivity index (χ2n) is 5.83. The summed E-state index contributed by atoms with van der Waals surface area (Å²) in [6.45, 7) is 2.61. The van der Waals surface area contributed by atoms with Crippen LogP contribution in [0.2, 0.25) is 0 Å². The standard InChI is InChI=1S/C17H26N2O.ClH/c1-2-13-8-10-15(11-9-13)19-17(20)16(12-18)14-6-4-3-5-7-14;/h3-7,13,15-16H,2,8-12,18H2,1H3,(H,19,20);1H. The van der Waals surface area contributed by atoms with Gasteiger partial charge in [-0.3, -0.25) is 4.79 Å². The molecule has 3 nitrogen and oxygen atoms in total. The van der Waals surface area contributed by atoms with Gasteiger partial charge in [0.25, 0.3) is 0 Å². The van der Waals surface area contributed by atoms with E-state index in [0.29, 0.717) is 12.6 Å². The van der Waals surface area contributed by atoms with E-state index in [4.69, 9.17) is 5.73 Å². The van der Waals surface area contributed by atoms with Crippen molar-refractivity contribution in [3.05, 3.63) is 35.9 Å². The fraction of sp³-hybridized carbons (Fsp3) is 0.588. The molecule has 4 heteroatoms. The van der Waals surface area contributed by atoms with Gasteiger partial charge in [0.1, 0.15) is 0 Å². The summed E-state index contributed by atoms with van der Waals surface area (Å²) in [7, 11) is 0. The third kappa shape index (κ3) is 5.01. The van der Waals surface area contributed by atoms with Crippen LogP contribution in [0.5, 0.6) is 0 Å². The first-order valence-corrected chi connectivity index (χ1v) is 7.80. The molecular formula is C17H27ClN2O. The van der Waals surface area contributed by atoms with Gasteiger partial charge in [-0.15, -0.1) is 12.4 Å². The molecule has 0 aliphatic heterocycles. The number of carbonyl (C=O) groups is 1. The molecule has 1 aliphatic carbocycles. The summed E-state index contributed by atoms with van der Waals surface area (Å²) in [5.74, 6) is 0.710. The van der Waals surface area contributed by atoms with Gasteiger partial charge in [-0.1, -0.05) is 43.7 Å². The van der Waals surface area contributed by atoms with E-state index in [1.165, 1.54) is 19.3 Å². The third-order valence-electron chi connectivity index (χ3n) is 4.52. The van der Waals surface area contributed by atoms with Gasteiger partial charge in [0, 0.05) is 12.6 Å². The molecule has 1 aromatic rings. The van der Waals surface area contributed by atoms with Gasteiger partial charge in [0.2, 0.25) is 5.91 Å². The Morgan fingerprint density at radius 2 is 1.86 bits per heavy atom. The first-order valence-electron chi connectivity index (χ1n) is 7.80. The summed E-state index contributed by atoms with van der Waals surface area (Å²) in [5.41, 5.74) is 6.80. The van der Waals surface area contributed by atoms with Gasteiger partial charge in [0.05, 0.1) is 5.92 Å². The lowest BCUT2D eigenvalue weighted by Crippen LogP contribution is -2.41. The van der Waals surface area contributed by atoms with Gasteiger partial charge in [0.15, 0.2) is 0 Å². The average molecular weight is 311 g/mol. The Labute approximate surface area is 134 Å². The van der Waals surface area contributed by atoms with Crippen LogP contribution in [0.4, 0.5) is 0 Å². The summed E-state index contributed by atoms with van der Waals surface area (Å²) in [6, 6.07) is 10.2. The molecular weight excluding hydrogens is 284 g/mol. The smallest absolute Gasteiger partial charge is 0.229 e. The molecule has 1 unspecified atom stereocenters. The van der Waals surface area contributed by atoms with Gasteiger partial charge < -0.3 is 11.1 Å². The van der Waals surface area contributed by atoms with Crippen LogP contribution in [-0.2, 0) is 4.79 Å². The van der Waals surface area contributed by atoms with Crippen molar-refractivity contribution >= 4 is 18.3 Å². The van der Waals surface area contributed by atoms with Crippen molar-refractivity contribution in [1.82, 2.24) is 5.32 Å². The number of nitrogens with one attached hydrogen (secondary N) is 1. The Kier molecular flexibility index (Phi) is 7.76. The Hall–Kier alpha value is -1.06. The Bertz CT molecular complexity index is 416. The lowest BCUT2D eigenvalue weighted by molar-refractivity contribution is -0.123. The molecule has 0 radical (unpaired) electrons. The lowest BCUT2D eigenvalue weighted by atomic mass is 9.84. The van der Waals surface area contributed by atoms with Crippen LogP contribution in [0.1, 0.15) is 50.5 Å². The fourth-order valence-electron chi connectivity index (χ4n) is 3.10. The summed E-state index contributed by atoms with van der Waals surface area (Å²) < 4.78 is 0. The topological polar surface area (TPSA) is 55.1 Å². The molecule has 2 rings (SSSR count). The normalized spacial score (nSPS) is 23.0. The van der Waals surface area contributed by atoms with Crippen molar-refractivity contribution in [2.24, 2.45) is 11.7 Å². The molecule has 1 aliphatic rings. The predicted molar refractivity (Wildman–Crippen MR) is 89.7 cm³/mol. The maximum Gasteiger partial charge on any atom is 0.229 e. The zero-order chi connectivity index (χ0) is 14.4. The fourth-order valence-corrected chi connectivity index (χ4v) is 3.10. The van der Waals surface area contributed by atoms with Crippen LogP contribution in [0.3, 0.4) is 0 Å². The van der Waals surface area contributed by atoms with Crippen molar-refractivity contribution in [2.75, 3.05) is 6.54 Å². The molecule has 3 N–H and O–H groups in total. The quantitative estimate of drug-likeness (QED) is 0.877. The maximum atomic E-state index is 12.4. The van der Waals surface area contributed by atoms with E-state index in [0.717, 1.165) is 24.3 Å². The van der Waals surface area contributed by atoms with Crippen molar-refractivity contribution in [1.29, 1.82) is 0 Å². The van der Waals surface area contributed by atoms with E-state index < -0.39 is 0 Å². The molecule has 1 aromatic carbocycles. The minimum absolute atomic E-state index is 0. The highest BCUT2D eigenvalue weighted by molar-refractivity contribution is 5.85. The van der Waals surface area contributed by atoms with Crippen molar-refractivity contribution in [3.8, 4) is 0 Å². The van der Waals surface area contributed by atoms with Gasteiger partial charge in [-0.05, 0) is 37.2 Å². The molecule has 0 bridgehead atoms. The maximum absolute atomic E-state index is 12.4. The molecule has 0 saturated heterocycles. The molecule has 0 heterocycles. The molecule has 118 valence electrons. The largest absolute Gasteiger partial charge is 0.353 e. The number of rotatable bonds is 5. The average Bonchev–Trinajstić information content (AvgIpc) is 2.50. The van der Waals surface area contributed by atoms with E-state index in [9.17, 15) is 4.79 Å². The molecule has 1 fully saturated rings. The van der Waals surface area contributed by atoms with Gasteiger partial charge in [-0.25, -0.2) is 0 Å². The minimum Gasteiger partial charge on any atom is -0.353 e. The number of hydrogen-bond acceptors (Lipinski definition) is 2. The SMILES string of the molecule is CCC1CCC(NC(=O)C(CN)c2ccccc2)CC1.Cl. The Morgan fingerprint density at radius 3 is 2.38 bits per heavy atom. The van der Waals surface area contributed by atoms with Crippen molar-refractivity contribution in [3.63, 3.8) is 0 Å². The van der Waals surface area contributed by atoms with Crippen molar-refractivity contribution in [2.45, 2.75) is 51.0 Å². The number of benzene rings is 1. The second kappa shape index (κ2) is 9.06. The summed E-state index contributed by atoms with van der Waals surface area (Å²) in [6.07, 6.45) is 5.95. The third-order valence-corrected chi connectivity index (χ3v) is 4.52. The van der Waals surface area contributed by atoms with E-state index in [1.54, 1.807) is 0 Å². The Morgan fingerprint density at radius 1 is 1.24 bits per heavy atom. The van der Waals surface area contributed by atoms with E-state index in [-0.39, 0.29) is 24.2 Å². The lowest BCUT2D eigenvalue weighted by Gasteiger charge is -2.29. The number of hydrogen-bond donors (Lipinski definition) is 2. The van der Waals surface area contributed by atoms with Crippen LogP contribution in [-0.4, -0.2) is 18.5 Å². The number of amides is 1. The van der Waals surface area contributed by atoms with Crippen molar-refractivity contribution < 1.29 is 4.79 Å². The zero-order valence-electron chi connectivity index (χ0n) is 12.8. The van der Waals surface area contributed by atoms with Crippen LogP contribution < -0.4 is 11.1 Å². The van der Waals surface area contributed by atoms with Crippen LogP contribution in [0, 0.1) is 5.92 Å². The van der Waals surface area contributed by atoms with Gasteiger partial charge >= 0.3 is 0 Å². The highest BCUT2D eigenvalue weighted by atomic mass is 35.5. The van der Waals surface area contributed by atoms with Crippen LogP contribution in [0.15, 0.2) is 30.3 Å². The van der Waals surface area contributed by atoms with E-state index >= 15 is 0 Å². The monoisotopic (exact) mass is 310 g/mol. The predicted octanol–water partition coefficient (Wildman–Crippen LogP) is 3.24. The number of nitrogens with two attached hydrogens (primary N) is 1.